The van der Waals surface area contributed by atoms with E-state index in [1.165, 1.54) is 17.0 Å². The van der Waals surface area contributed by atoms with Gasteiger partial charge in [0.05, 0.1) is 10.6 Å². The van der Waals surface area contributed by atoms with Crippen LogP contribution < -0.4 is 9.62 Å². The zero-order chi connectivity index (χ0) is 32.4. The highest BCUT2D eigenvalue weighted by Gasteiger charge is 2.34. The van der Waals surface area contributed by atoms with Gasteiger partial charge in [-0.25, -0.2) is 12.8 Å². The Kier molecular flexibility index (Phi) is 11.9. The van der Waals surface area contributed by atoms with Gasteiger partial charge in [0.2, 0.25) is 11.8 Å². The number of carbonyl (C=O) groups excluding carboxylic acids is 2. The van der Waals surface area contributed by atoms with E-state index in [0.29, 0.717) is 6.54 Å². The summed E-state index contributed by atoms with van der Waals surface area (Å²) in [4.78, 5) is 29.5. The number of halogens is 2. The summed E-state index contributed by atoms with van der Waals surface area (Å²) in [6.07, 6.45) is 1.89. The molecule has 0 aliphatic carbocycles. The summed E-state index contributed by atoms with van der Waals surface area (Å²) in [5.41, 5.74) is 2.80. The van der Waals surface area contributed by atoms with Gasteiger partial charge < -0.3 is 10.2 Å². The minimum absolute atomic E-state index is 0.0648. The largest absolute Gasteiger partial charge is 0.354 e. The van der Waals surface area contributed by atoms with Crippen molar-refractivity contribution in [1.82, 2.24) is 10.2 Å². The highest BCUT2D eigenvalue weighted by molar-refractivity contribution is 9.10. The fourth-order valence-electron chi connectivity index (χ4n) is 4.87. The van der Waals surface area contributed by atoms with Gasteiger partial charge in [-0.1, -0.05) is 89.4 Å². The summed E-state index contributed by atoms with van der Waals surface area (Å²) >= 11 is 3.49. The Bertz CT molecular complexity index is 1680. The molecule has 45 heavy (non-hydrogen) atoms. The number of sulfonamides is 1. The molecule has 0 aliphatic heterocycles. The van der Waals surface area contributed by atoms with Crippen LogP contribution in [0, 0.1) is 12.7 Å². The number of hydrogen-bond donors (Lipinski definition) is 1. The van der Waals surface area contributed by atoms with Crippen LogP contribution in [0.15, 0.2) is 112 Å². The molecule has 0 saturated heterocycles. The third-order valence-electron chi connectivity index (χ3n) is 7.35. The molecular formula is C35H37BrFN3O4S. The van der Waals surface area contributed by atoms with Gasteiger partial charge in [0.1, 0.15) is 18.4 Å². The first-order chi connectivity index (χ1) is 21.6. The smallest absolute Gasteiger partial charge is 0.264 e. The van der Waals surface area contributed by atoms with Crippen LogP contribution in [0.25, 0.3) is 0 Å². The molecular weight excluding hydrogens is 657 g/mol. The second-order valence-electron chi connectivity index (χ2n) is 10.8. The quantitative estimate of drug-likeness (QED) is 0.150. The molecule has 4 aromatic rings. The Morgan fingerprint density at radius 2 is 1.56 bits per heavy atom. The number of amides is 2. The van der Waals surface area contributed by atoms with Crippen molar-refractivity contribution in [3.05, 3.63) is 130 Å². The van der Waals surface area contributed by atoms with E-state index in [1.807, 2.05) is 68.4 Å². The number of nitrogens with one attached hydrogen (secondary N) is 1. The van der Waals surface area contributed by atoms with Crippen LogP contribution in [0.1, 0.15) is 36.5 Å². The second-order valence-corrected chi connectivity index (χ2v) is 13.6. The van der Waals surface area contributed by atoms with Crippen LogP contribution in [0.2, 0.25) is 0 Å². The van der Waals surface area contributed by atoms with E-state index in [4.69, 9.17) is 0 Å². The Balaban J connectivity index is 1.78. The number of benzene rings is 4. The van der Waals surface area contributed by atoms with E-state index in [1.54, 1.807) is 24.3 Å². The van der Waals surface area contributed by atoms with Gasteiger partial charge in [0, 0.05) is 24.0 Å². The van der Waals surface area contributed by atoms with E-state index in [0.717, 1.165) is 50.4 Å². The molecule has 4 aromatic carbocycles. The minimum atomic E-state index is -4.30. The molecule has 2 amide bonds. The average Bonchev–Trinajstić information content (AvgIpc) is 3.02. The Hall–Kier alpha value is -4.02. The number of unbranched alkanes of at least 4 members (excludes halogenated alkanes) is 1. The predicted octanol–water partition coefficient (Wildman–Crippen LogP) is 6.65. The zero-order valence-corrected chi connectivity index (χ0v) is 27.7. The van der Waals surface area contributed by atoms with Crippen molar-refractivity contribution in [1.29, 1.82) is 0 Å². The van der Waals surface area contributed by atoms with Crippen LogP contribution in [-0.2, 0) is 32.6 Å². The van der Waals surface area contributed by atoms with Crippen molar-refractivity contribution in [3.63, 3.8) is 0 Å². The molecule has 0 fully saturated rings. The van der Waals surface area contributed by atoms with Crippen molar-refractivity contribution in [2.75, 3.05) is 17.4 Å². The van der Waals surface area contributed by atoms with Gasteiger partial charge in [-0.3, -0.25) is 13.9 Å². The van der Waals surface area contributed by atoms with Crippen molar-refractivity contribution in [2.24, 2.45) is 0 Å². The maximum Gasteiger partial charge on any atom is 0.264 e. The topological polar surface area (TPSA) is 86.8 Å². The molecule has 0 aromatic heterocycles. The van der Waals surface area contributed by atoms with E-state index in [-0.39, 0.29) is 29.5 Å². The summed E-state index contributed by atoms with van der Waals surface area (Å²) in [6.45, 7) is 3.84. The summed E-state index contributed by atoms with van der Waals surface area (Å²) in [5.74, 6) is -1.46. The third kappa shape index (κ3) is 9.25. The first kappa shape index (κ1) is 33.9. The maximum absolute atomic E-state index is 14.4. The summed E-state index contributed by atoms with van der Waals surface area (Å²) in [7, 11) is -4.30. The molecule has 236 valence electrons. The average molecular weight is 695 g/mol. The maximum atomic E-state index is 14.4. The van der Waals surface area contributed by atoms with Crippen LogP contribution in [0.4, 0.5) is 10.1 Å². The van der Waals surface area contributed by atoms with Crippen molar-refractivity contribution in [2.45, 2.75) is 50.6 Å². The molecule has 0 bridgehead atoms. The molecule has 1 atom stereocenters. The van der Waals surface area contributed by atoms with Crippen LogP contribution in [0.3, 0.4) is 0 Å². The highest BCUT2D eigenvalue weighted by atomic mass is 79.9. The molecule has 4 rings (SSSR count). The van der Waals surface area contributed by atoms with Gasteiger partial charge in [-0.2, -0.15) is 0 Å². The molecule has 0 radical (unpaired) electrons. The number of anilines is 1. The lowest BCUT2D eigenvalue weighted by Crippen LogP contribution is -2.53. The van der Waals surface area contributed by atoms with Gasteiger partial charge in [0.25, 0.3) is 10.0 Å². The van der Waals surface area contributed by atoms with Gasteiger partial charge in [-0.05, 0) is 73.0 Å². The number of nitrogens with zero attached hydrogens (tertiary/aromatic N) is 2. The Labute approximate surface area is 273 Å². The van der Waals surface area contributed by atoms with Crippen LogP contribution >= 0.6 is 15.9 Å². The molecule has 0 saturated carbocycles. The molecule has 1 N–H and O–H groups in total. The van der Waals surface area contributed by atoms with Gasteiger partial charge in [-0.15, -0.1) is 0 Å². The predicted molar refractivity (Wildman–Crippen MR) is 179 cm³/mol. The third-order valence-corrected chi connectivity index (χ3v) is 9.63. The SMILES string of the molecule is CCCCNC(=O)[C@@H](Cc1ccccc1)N(Cc1cccc(Br)c1)C(=O)CN(c1ccc(C)cc1)S(=O)(=O)c1ccc(F)cc1. The standard InChI is InChI=1S/C35H37BrFN3O4S/c1-3-4-21-38-35(42)33(23-27-9-6-5-7-10-27)39(24-28-11-8-12-29(36)22-28)34(41)25-40(31-17-13-26(2)14-18-31)45(43,44)32-19-15-30(37)16-20-32/h5-20,22,33H,3-4,21,23-25H2,1-2H3,(H,38,42)/t33-/m1/s1. The lowest BCUT2D eigenvalue weighted by Gasteiger charge is -2.34. The zero-order valence-electron chi connectivity index (χ0n) is 25.3. The van der Waals surface area contributed by atoms with E-state index in [2.05, 4.69) is 21.2 Å². The second kappa shape index (κ2) is 15.8. The summed E-state index contributed by atoms with van der Waals surface area (Å²) < 4.78 is 43.6. The molecule has 0 heterocycles. The van der Waals surface area contributed by atoms with Crippen LogP contribution in [-0.4, -0.2) is 44.3 Å². The number of carbonyl (C=O) groups is 2. The lowest BCUT2D eigenvalue weighted by atomic mass is 10.0. The number of aryl methyl sites for hydroxylation is 1. The first-order valence-electron chi connectivity index (χ1n) is 14.8. The van der Waals surface area contributed by atoms with E-state index in [9.17, 15) is 22.4 Å². The van der Waals surface area contributed by atoms with Crippen molar-refractivity contribution in [3.8, 4) is 0 Å². The van der Waals surface area contributed by atoms with Crippen molar-refractivity contribution >= 4 is 43.5 Å². The molecule has 7 nitrogen and oxygen atoms in total. The van der Waals surface area contributed by atoms with Gasteiger partial charge in [0.15, 0.2) is 0 Å². The summed E-state index contributed by atoms with van der Waals surface area (Å²) in [6, 6.07) is 27.2. The normalized spacial score (nSPS) is 11.9. The number of rotatable bonds is 14. The van der Waals surface area contributed by atoms with E-state index < -0.39 is 34.3 Å². The van der Waals surface area contributed by atoms with Crippen molar-refractivity contribution < 1.29 is 22.4 Å². The monoisotopic (exact) mass is 693 g/mol. The molecule has 10 heteroatoms. The van der Waals surface area contributed by atoms with Crippen LogP contribution in [0.5, 0.6) is 0 Å². The summed E-state index contributed by atoms with van der Waals surface area (Å²) in [5, 5.41) is 2.98. The number of hydrogen-bond acceptors (Lipinski definition) is 4. The van der Waals surface area contributed by atoms with Gasteiger partial charge >= 0.3 is 0 Å². The lowest BCUT2D eigenvalue weighted by molar-refractivity contribution is -0.140. The minimum Gasteiger partial charge on any atom is -0.354 e. The highest BCUT2D eigenvalue weighted by Crippen LogP contribution is 2.26. The molecule has 0 aliphatic rings. The van der Waals surface area contributed by atoms with E-state index >= 15 is 0 Å². The fourth-order valence-corrected chi connectivity index (χ4v) is 6.73. The first-order valence-corrected chi connectivity index (χ1v) is 17.0. The Morgan fingerprint density at radius 3 is 2.20 bits per heavy atom. The molecule has 0 spiro atoms. The molecule has 0 unspecified atom stereocenters. The Morgan fingerprint density at radius 1 is 0.889 bits per heavy atom. The fraction of sp³-hybridized carbons (Fsp3) is 0.257.